The van der Waals surface area contributed by atoms with Gasteiger partial charge in [0.1, 0.15) is 16.7 Å². The lowest BCUT2D eigenvalue weighted by Gasteiger charge is -2.37. The second-order valence-corrected chi connectivity index (χ2v) is 12.8. The second kappa shape index (κ2) is 10.5. The number of sulfonamides is 2. The van der Waals surface area contributed by atoms with Gasteiger partial charge in [0.25, 0.3) is 0 Å². The van der Waals surface area contributed by atoms with E-state index in [-0.39, 0.29) is 36.3 Å². The summed E-state index contributed by atoms with van der Waals surface area (Å²) in [6.07, 6.45) is 1.22. The first-order valence-electron chi connectivity index (χ1n) is 10.6. The molecule has 8 nitrogen and oxygen atoms in total. The van der Waals surface area contributed by atoms with Crippen molar-refractivity contribution >= 4 is 20.0 Å². The Hall–Kier alpha value is -1.64. The van der Waals surface area contributed by atoms with E-state index in [1.165, 1.54) is 21.7 Å². The SMILES string of the molecule is CC(C)CC#Cc1ccc2c(c1)O[C@@H](CN(C)S(C)(=O)=O)[C@H](C)CN([C@H](C)CO)S2(=O)=O. The van der Waals surface area contributed by atoms with E-state index in [0.29, 0.717) is 17.9 Å². The van der Waals surface area contributed by atoms with Gasteiger partial charge in [-0.25, -0.2) is 21.1 Å². The molecule has 10 heteroatoms. The fraction of sp³-hybridized carbons (Fsp3) is 0.636. The minimum atomic E-state index is -3.95. The Labute approximate surface area is 192 Å². The largest absolute Gasteiger partial charge is 0.487 e. The molecule has 0 bridgehead atoms. The van der Waals surface area contributed by atoms with Crippen molar-refractivity contribution in [2.45, 2.75) is 51.2 Å². The summed E-state index contributed by atoms with van der Waals surface area (Å²) in [5, 5.41) is 9.68. The van der Waals surface area contributed by atoms with Gasteiger partial charge in [-0.05, 0) is 31.0 Å². The fourth-order valence-electron chi connectivity index (χ4n) is 3.27. The van der Waals surface area contributed by atoms with Crippen LogP contribution >= 0.6 is 0 Å². The Balaban J connectivity index is 2.59. The lowest BCUT2D eigenvalue weighted by atomic mass is 10.0. The number of aliphatic hydroxyl groups is 1. The molecule has 3 atom stereocenters. The van der Waals surface area contributed by atoms with Crippen molar-refractivity contribution < 1.29 is 26.7 Å². The molecule has 1 aromatic rings. The van der Waals surface area contributed by atoms with Crippen molar-refractivity contribution in [1.82, 2.24) is 8.61 Å². The number of likely N-dealkylation sites (N-methyl/N-ethyl adjacent to an activating group) is 1. The van der Waals surface area contributed by atoms with Crippen LogP contribution in [0.25, 0.3) is 0 Å². The molecular formula is C22H34N2O6S2. The maximum atomic E-state index is 13.4. The van der Waals surface area contributed by atoms with Crippen LogP contribution in [0.5, 0.6) is 5.75 Å². The molecule has 0 unspecified atom stereocenters. The molecule has 180 valence electrons. The van der Waals surface area contributed by atoms with E-state index in [4.69, 9.17) is 4.74 Å². The third-order valence-corrected chi connectivity index (χ3v) is 8.71. The summed E-state index contributed by atoms with van der Waals surface area (Å²) in [6, 6.07) is 4.05. The van der Waals surface area contributed by atoms with Gasteiger partial charge in [-0.3, -0.25) is 0 Å². The number of benzene rings is 1. The normalized spacial score (nSPS) is 22.3. The Morgan fingerprint density at radius 1 is 1.31 bits per heavy atom. The van der Waals surface area contributed by atoms with Crippen LogP contribution in [0, 0.1) is 23.7 Å². The number of hydrogen-bond acceptors (Lipinski definition) is 6. The molecule has 0 aromatic heterocycles. The molecule has 0 fully saturated rings. The van der Waals surface area contributed by atoms with Crippen LogP contribution in [-0.4, -0.2) is 75.7 Å². The van der Waals surface area contributed by atoms with Crippen molar-refractivity contribution in [2.75, 3.05) is 33.0 Å². The van der Waals surface area contributed by atoms with Gasteiger partial charge in [0.2, 0.25) is 20.0 Å². The molecule has 1 aromatic carbocycles. The van der Waals surface area contributed by atoms with Crippen LogP contribution in [0.4, 0.5) is 0 Å². The molecule has 0 aliphatic carbocycles. The quantitative estimate of drug-likeness (QED) is 0.615. The van der Waals surface area contributed by atoms with Crippen molar-refractivity contribution in [3.63, 3.8) is 0 Å². The predicted molar refractivity (Wildman–Crippen MR) is 124 cm³/mol. The summed E-state index contributed by atoms with van der Waals surface area (Å²) >= 11 is 0. The van der Waals surface area contributed by atoms with Gasteiger partial charge < -0.3 is 9.84 Å². The summed E-state index contributed by atoms with van der Waals surface area (Å²) in [7, 11) is -5.94. The maximum absolute atomic E-state index is 13.4. The van der Waals surface area contributed by atoms with Gasteiger partial charge in [0.05, 0.1) is 19.4 Å². The van der Waals surface area contributed by atoms with Crippen molar-refractivity contribution in [3.05, 3.63) is 23.8 Å². The highest BCUT2D eigenvalue weighted by Crippen LogP contribution is 2.34. The highest BCUT2D eigenvalue weighted by Gasteiger charge is 2.38. The molecule has 0 spiro atoms. The number of fused-ring (bicyclic) bond motifs is 1. The molecule has 0 saturated heterocycles. The molecule has 1 aliphatic heterocycles. The van der Waals surface area contributed by atoms with Crippen LogP contribution in [0.2, 0.25) is 0 Å². The Bertz CT molecular complexity index is 1070. The van der Waals surface area contributed by atoms with E-state index in [0.717, 1.165) is 6.26 Å². The van der Waals surface area contributed by atoms with Gasteiger partial charge in [-0.1, -0.05) is 32.6 Å². The number of rotatable bonds is 6. The van der Waals surface area contributed by atoms with Crippen LogP contribution < -0.4 is 4.74 Å². The molecule has 0 amide bonds. The lowest BCUT2D eigenvalue weighted by Crippen LogP contribution is -2.50. The summed E-state index contributed by atoms with van der Waals surface area (Å²) in [6.45, 7) is 7.37. The molecule has 0 radical (unpaired) electrons. The van der Waals surface area contributed by atoms with E-state index in [1.807, 2.05) is 6.92 Å². The smallest absolute Gasteiger partial charge is 0.247 e. The fourth-order valence-corrected chi connectivity index (χ4v) is 5.51. The molecule has 1 aliphatic rings. The van der Waals surface area contributed by atoms with Crippen LogP contribution in [0.3, 0.4) is 0 Å². The van der Waals surface area contributed by atoms with Crippen molar-refractivity contribution in [1.29, 1.82) is 0 Å². The maximum Gasteiger partial charge on any atom is 0.247 e. The highest BCUT2D eigenvalue weighted by atomic mass is 32.2. The Morgan fingerprint density at radius 3 is 2.53 bits per heavy atom. The summed E-state index contributed by atoms with van der Waals surface area (Å²) in [4.78, 5) is -0.0221. The van der Waals surface area contributed by atoms with E-state index in [1.54, 1.807) is 19.1 Å². The zero-order valence-electron chi connectivity index (χ0n) is 19.6. The third kappa shape index (κ3) is 6.45. The molecule has 2 rings (SSSR count). The van der Waals surface area contributed by atoms with E-state index in [2.05, 4.69) is 25.7 Å². The zero-order valence-corrected chi connectivity index (χ0v) is 21.2. The van der Waals surface area contributed by atoms with E-state index >= 15 is 0 Å². The van der Waals surface area contributed by atoms with Crippen LogP contribution in [-0.2, 0) is 20.0 Å². The average Bonchev–Trinajstić information content (AvgIpc) is 2.68. The first kappa shape index (κ1) is 26.6. The van der Waals surface area contributed by atoms with Crippen LogP contribution in [0.1, 0.15) is 39.7 Å². The monoisotopic (exact) mass is 486 g/mol. The van der Waals surface area contributed by atoms with Gasteiger partial charge >= 0.3 is 0 Å². The van der Waals surface area contributed by atoms with E-state index in [9.17, 15) is 21.9 Å². The number of ether oxygens (including phenoxy) is 1. The van der Waals surface area contributed by atoms with E-state index < -0.39 is 32.2 Å². The van der Waals surface area contributed by atoms with Gasteiger partial charge in [-0.2, -0.15) is 4.31 Å². The topological polar surface area (TPSA) is 104 Å². The summed E-state index contributed by atoms with van der Waals surface area (Å²) in [5.74, 6) is 6.32. The second-order valence-electron chi connectivity index (χ2n) is 8.84. The minimum Gasteiger partial charge on any atom is -0.487 e. The van der Waals surface area contributed by atoms with Crippen molar-refractivity contribution in [3.8, 4) is 17.6 Å². The van der Waals surface area contributed by atoms with Gasteiger partial charge in [-0.15, -0.1) is 0 Å². The standard InChI is InChI=1S/C22H34N2O6S2/c1-16(2)8-7-9-19-10-11-22-20(12-19)30-21(14-23(5)31(6,26)27)17(3)13-24(18(4)15-25)32(22,28)29/h10-12,16-18,21,25H,8,13-15H2,1-6H3/t17-,18-,21+/m1/s1. The molecule has 0 saturated carbocycles. The molecule has 32 heavy (non-hydrogen) atoms. The lowest BCUT2D eigenvalue weighted by molar-refractivity contribution is 0.0905. The molecule has 1 N–H and O–H groups in total. The molecule has 1 heterocycles. The summed E-state index contributed by atoms with van der Waals surface area (Å²) < 4.78 is 59.4. The van der Waals surface area contributed by atoms with Gasteiger partial charge in [0, 0.05) is 37.5 Å². The number of nitrogens with zero attached hydrogens (tertiary/aromatic N) is 2. The Kier molecular flexibility index (Phi) is 8.76. The first-order chi connectivity index (χ1) is 14.8. The average molecular weight is 487 g/mol. The predicted octanol–water partition coefficient (Wildman–Crippen LogP) is 1.74. The molecular weight excluding hydrogens is 452 g/mol. The van der Waals surface area contributed by atoms with Crippen LogP contribution in [0.15, 0.2) is 23.1 Å². The Morgan fingerprint density at radius 2 is 1.97 bits per heavy atom. The van der Waals surface area contributed by atoms with Gasteiger partial charge in [0.15, 0.2) is 0 Å². The number of aliphatic hydroxyl groups excluding tert-OH is 1. The summed E-state index contributed by atoms with van der Waals surface area (Å²) in [5.41, 5.74) is 0.616. The zero-order chi connectivity index (χ0) is 24.3. The number of hydrogen-bond donors (Lipinski definition) is 1. The minimum absolute atomic E-state index is 0.0221. The van der Waals surface area contributed by atoms with Crippen molar-refractivity contribution in [2.24, 2.45) is 11.8 Å². The highest BCUT2D eigenvalue weighted by molar-refractivity contribution is 7.89. The third-order valence-electron chi connectivity index (χ3n) is 5.41. The first-order valence-corrected chi connectivity index (χ1v) is 13.9.